The molecular formula is C20H21N5O7S2. The molecule has 4 N–H and O–H groups in total. The molecule has 14 heteroatoms. The van der Waals surface area contributed by atoms with Gasteiger partial charge in [0.05, 0.1) is 0 Å². The van der Waals surface area contributed by atoms with Gasteiger partial charge in [-0.25, -0.2) is 9.78 Å². The molecule has 34 heavy (non-hydrogen) atoms. The maximum atomic E-state index is 13.1. The van der Waals surface area contributed by atoms with Crippen molar-refractivity contribution in [3.05, 3.63) is 34.5 Å². The zero-order valence-corrected chi connectivity index (χ0v) is 19.6. The summed E-state index contributed by atoms with van der Waals surface area (Å²) in [5.74, 6) is -2.95. The Morgan fingerprint density at radius 3 is 2.82 bits per heavy atom. The minimum atomic E-state index is -1.32. The van der Waals surface area contributed by atoms with Crippen LogP contribution in [0.4, 0.5) is 5.13 Å². The molecule has 1 unspecified atom stereocenters. The zero-order valence-electron chi connectivity index (χ0n) is 17.9. The first-order valence-electron chi connectivity index (χ1n) is 10.2. The van der Waals surface area contributed by atoms with E-state index in [1.165, 1.54) is 18.7 Å². The highest BCUT2D eigenvalue weighted by molar-refractivity contribution is 8.00. The summed E-state index contributed by atoms with van der Waals surface area (Å²) < 4.78 is 4.92. The van der Waals surface area contributed by atoms with Gasteiger partial charge in [-0.2, -0.15) is 0 Å². The van der Waals surface area contributed by atoms with Gasteiger partial charge in [-0.3, -0.25) is 19.3 Å². The van der Waals surface area contributed by atoms with E-state index in [0.29, 0.717) is 5.57 Å². The second-order valence-corrected chi connectivity index (χ2v) is 9.55. The number of carboxylic acids is 1. The number of ether oxygens (including phenoxy) is 1. The van der Waals surface area contributed by atoms with E-state index in [2.05, 4.69) is 15.5 Å². The van der Waals surface area contributed by atoms with Gasteiger partial charge in [0, 0.05) is 23.6 Å². The summed E-state index contributed by atoms with van der Waals surface area (Å²) in [6.07, 6.45) is 5.09. The number of fused-ring (bicyclic) bond motifs is 1. The number of esters is 1. The normalized spacial score (nSPS) is 23.9. The summed E-state index contributed by atoms with van der Waals surface area (Å²) in [7, 11) is 0. The van der Waals surface area contributed by atoms with Crippen LogP contribution in [0.3, 0.4) is 0 Å². The highest BCUT2D eigenvalue weighted by atomic mass is 32.2. The summed E-state index contributed by atoms with van der Waals surface area (Å²) in [5.41, 5.74) is 5.83. The van der Waals surface area contributed by atoms with Gasteiger partial charge in [-0.15, -0.1) is 23.1 Å². The molecule has 1 fully saturated rings. The smallest absolute Gasteiger partial charge is 0.352 e. The molecule has 0 aromatic carbocycles. The molecule has 0 radical (unpaired) electrons. The molecule has 1 aromatic rings. The molecule has 4 rings (SSSR count). The monoisotopic (exact) mass is 507 g/mol. The standard InChI is InChI=1S/C20H21N5O7S2/c1-9(26)31-6-10-7-33-18-14(17(28)25(18)15(10)19(29)30)23-16(27)13(12-8-34-20(21)22-12)24-32-11-4-2-3-5-11/h2,4,8,11,14,18H,3,5-7H2,1H3,(H2,21,22)(H,23,27)(H,29,30)/t11?,14-,18-/m1/s1. The molecule has 2 aliphatic heterocycles. The number of thioether (sulfide) groups is 1. The Hall–Kier alpha value is -3.39. The van der Waals surface area contributed by atoms with E-state index in [4.69, 9.17) is 15.3 Å². The number of carbonyl (C=O) groups excluding carboxylic acids is 3. The third kappa shape index (κ3) is 4.77. The minimum absolute atomic E-state index is 0.134. The van der Waals surface area contributed by atoms with Crippen molar-refractivity contribution in [2.75, 3.05) is 18.1 Å². The van der Waals surface area contributed by atoms with Gasteiger partial charge in [0.1, 0.15) is 35.5 Å². The van der Waals surface area contributed by atoms with E-state index >= 15 is 0 Å². The second-order valence-electron chi connectivity index (χ2n) is 7.56. The number of amides is 2. The van der Waals surface area contributed by atoms with Crippen molar-refractivity contribution in [3.8, 4) is 0 Å². The number of nitrogens with zero attached hydrogens (tertiary/aromatic N) is 3. The van der Waals surface area contributed by atoms with Crippen molar-refractivity contribution in [1.82, 2.24) is 15.2 Å². The van der Waals surface area contributed by atoms with E-state index in [0.717, 1.165) is 29.1 Å². The predicted octanol–water partition coefficient (Wildman–Crippen LogP) is 0.466. The van der Waals surface area contributed by atoms with Gasteiger partial charge >= 0.3 is 11.9 Å². The van der Waals surface area contributed by atoms with E-state index in [1.807, 2.05) is 12.2 Å². The summed E-state index contributed by atoms with van der Waals surface area (Å²) in [5, 5.41) is 17.4. The first kappa shape index (κ1) is 23.8. The first-order valence-corrected chi connectivity index (χ1v) is 12.1. The molecule has 12 nitrogen and oxygen atoms in total. The number of β-lactam (4-membered cyclic amide) rings is 1. The van der Waals surface area contributed by atoms with Crippen LogP contribution in [0, 0.1) is 0 Å². The van der Waals surface area contributed by atoms with Gasteiger partial charge in [0.15, 0.2) is 10.8 Å². The lowest BCUT2D eigenvalue weighted by molar-refractivity contribution is -0.150. The minimum Gasteiger partial charge on any atom is -0.477 e. The maximum absolute atomic E-state index is 13.1. The number of aliphatic carboxylic acids is 1. The lowest BCUT2D eigenvalue weighted by Crippen LogP contribution is -2.71. The Labute approximate surface area is 201 Å². The molecule has 1 saturated heterocycles. The molecule has 0 saturated carbocycles. The zero-order chi connectivity index (χ0) is 24.4. The number of rotatable bonds is 8. The van der Waals surface area contributed by atoms with Gasteiger partial charge in [-0.05, 0) is 18.9 Å². The molecule has 2 amide bonds. The fourth-order valence-electron chi connectivity index (χ4n) is 3.61. The molecule has 3 heterocycles. The summed E-state index contributed by atoms with van der Waals surface area (Å²) in [6, 6.07) is -0.977. The molecule has 3 atom stereocenters. The average molecular weight is 508 g/mol. The van der Waals surface area contributed by atoms with E-state index in [1.54, 1.807) is 5.38 Å². The number of nitrogens with one attached hydrogen (secondary N) is 1. The fraction of sp³-hybridized carbons (Fsp3) is 0.400. The van der Waals surface area contributed by atoms with Crippen molar-refractivity contribution < 1.29 is 33.9 Å². The van der Waals surface area contributed by atoms with Crippen molar-refractivity contribution in [1.29, 1.82) is 0 Å². The summed E-state index contributed by atoms with van der Waals surface area (Å²) in [6.45, 7) is 0.981. The number of nitrogen functional groups attached to an aromatic ring is 1. The lowest BCUT2D eigenvalue weighted by atomic mass is 10.0. The number of carboxylic acid groups (broad SMARTS) is 1. The summed E-state index contributed by atoms with van der Waals surface area (Å²) in [4.78, 5) is 59.5. The highest BCUT2D eigenvalue weighted by Gasteiger charge is 2.54. The van der Waals surface area contributed by atoms with Crippen molar-refractivity contribution in [3.63, 3.8) is 0 Å². The number of carbonyl (C=O) groups is 4. The Bertz CT molecular complexity index is 1130. The van der Waals surface area contributed by atoms with Crippen molar-refractivity contribution in [2.45, 2.75) is 37.3 Å². The molecule has 3 aliphatic rings. The van der Waals surface area contributed by atoms with Gasteiger partial charge < -0.3 is 25.7 Å². The number of allylic oxidation sites excluding steroid dienone is 1. The Kier molecular flexibility index (Phi) is 6.88. The van der Waals surface area contributed by atoms with Crippen LogP contribution in [0.1, 0.15) is 25.5 Å². The Morgan fingerprint density at radius 1 is 1.41 bits per heavy atom. The number of oxime groups is 1. The van der Waals surface area contributed by atoms with Crippen LogP contribution < -0.4 is 11.1 Å². The van der Waals surface area contributed by atoms with Crippen LogP contribution in [-0.2, 0) is 28.8 Å². The quantitative estimate of drug-likeness (QED) is 0.147. The SMILES string of the molecule is CC(=O)OCC1=C(C(=O)O)N2C(=O)[C@@H](NC(=O)C(=NOC3C=CCC3)c3csc(N)n3)[C@H]2SC1. The number of aromatic nitrogens is 1. The molecule has 1 aliphatic carbocycles. The van der Waals surface area contributed by atoms with Crippen LogP contribution in [0.15, 0.2) is 34.0 Å². The van der Waals surface area contributed by atoms with Gasteiger partial charge in [-0.1, -0.05) is 11.2 Å². The van der Waals surface area contributed by atoms with Crippen LogP contribution in [0.5, 0.6) is 0 Å². The Balaban J connectivity index is 1.51. The molecular weight excluding hydrogens is 486 g/mol. The number of nitrogens with two attached hydrogens (primary N) is 1. The van der Waals surface area contributed by atoms with E-state index in [-0.39, 0.29) is 40.7 Å². The van der Waals surface area contributed by atoms with E-state index in [9.17, 15) is 24.3 Å². The lowest BCUT2D eigenvalue weighted by Gasteiger charge is -2.49. The largest absolute Gasteiger partial charge is 0.477 e. The highest BCUT2D eigenvalue weighted by Crippen LogP contribution is 2.40. The number of thiazole rings is 1. The third-order valence-electron chi connectivity index (χ3n) is 5.21. The molecule has 1 aromatic heterocycles. The van der Waals surface area contributed by atoms with Crippen molar-refractivity contribution in [2.24, 2.45) is 5.16 Å². The molecule has 0 bridgehead atoms. The molecule has 0 spiro atoms. The van der Waals surface area contributed by atoms with Gasteiger partial charge in [0.25, 0.3) is 11.8 Å². The van der Waals surface area contributed by atoms with Crippen LogP contribution in [0.25, 0.3) is 0 Å². The second kappa shape index (κ2) is 9.85. The van der Waals surface area contributed by atoms with E-state index < -0.39 is 35.2 Å². The first-order chi connectivity index (χ1) is 16.3. The van der Waals surface area contributed by atoms with Crippen molar-refractivity contribution >= 4 is 57.7 Å². The topological polar surface area (TPSA) is 174 Å². The number of hydrogen-bond donors (Lipinski definition) is 3. The summed E-state index contributed by atoms with van der Waals surface area (Å²) >= 11 is 2.38. The Morgan fingerprint density at radius 2 is 2.21 bits per heavy atom. The predicted molar refractivity (Wildman–Crippen MR) is 123 cm³/mol. The van der Waals surface area contributed by atoms with Crippen LogP contribution in [-0.4, -0.2) is 74.3 Å². The number of hydrogen-bond acceptors (Lipinski definition) is 11. The maximum Gasteiger partial charge on any atom is 0.352 e. The van der Waals surface area contributed by atoms with Gasteiger partial charge in [0.2, 0.25) is 0 Å². The fourth-order valence-corrected chi connectivity index (χ4v) is 5.48. The van der Waals surface area contributed by atoms with Crippen LogP contribution in [0.2, 0.25) is 0 Å². The average Bonchev–Trinajstić information content (AvgIpc) is 3.47. The third-order valence-corrected chi connectivity index (χ3v) is 7.23. The van der Waals surface area contributed by atoms with Crippen LogP contribution >= 0.6 is 23.1 Å². The molecule has 180 valence electrons. The number of anilines is 1.